The van der Waals surface area contributed by atoms with E-state index in [-0.39, 0.29) is 5.91 Å². The fourth-order valence-electron chi connectivity index (χ4n) is 1.82. The van der Waals surface area contributed by atoms with Crippen molar-refractivity contribution in [1.29, 1.82) is 0 Å². The highest BCUT2D eigenvalue weighted by Crippen LogP contribution is 2.23. The van der Waals surface area contributed by atoms with Gasteiger partial charge in [0, 0.05) is 19.0 Å². The van der Waals surface area contributed by atoms with E-state index in [1.165, 1.54) is 0 Å². The highest BCUT2D eigenvalue weighted by Gasteiger charge is 2.07. The number of anilines is 2. The monoisotopic (exact) mass is 289 g/mol. The van der Waals surface area contributed by atoms with Gasteiger partial charge in [-0.25, -0.2) is 0 Å². The lowest BCUT2D eigenvalue weighted by molar-refractivity contribution is -0.116. The molecule has 0 aliphatic carbocycles. The summed E-state index contributed by atoms with van der Waals surface area (Å²) in [4.78, 5) is 11.9. The Bertz CT molecular complexity index is 595. The quantitative estimate of drug-likeness (QED) is 0.819. The summed E-state index contributed by atoms with van der Waals surface area (Å²) in [7, 11) is 0. The number of para-hydroxylation sites is 2. The molecule has 2 aromatic rings. The zero-order chi connectivity index (χ0) is 15.1. The number of carbonyl (C=O) groups excluding carboxylic acids is 1. The number of rotatable bonds is 7. The maximum absolute atomic E-state index is 11.9. The Morgan fingerprint density at radius 2 is 2.19 bits per heavy atom. The van der Waals surface area contributed by atoms with Crippen molar-refractivity contribution in [2.24, 2.45) is 0 Å². The van der Waals surface area contributed by atoms with E-state index < -0.39 is 0 Å². The van der Waals surface area contributed by atoms with Gasteiger partial charge in [-0.2, -0.15) is 0 Å². The Kier molecular flexibility index (Phi) is 5.20. The lowest BCUT2D eigenvalue weighted by Crippen LogP contribution is -2.16. The first-order chi connectivity index (χ1) is 10.2. The van der Waals surface area contributed by atoms with Gasteiger partial charge in [0.15, 0.2) is 5.82 Å². The van der Waals surface area contributed by atoms with E-state index >= 15 is 0 Å². The van der Waals surface area contributed by atoms with Crippen LogP contribution in [0.4, 0.5) is 11.5 Å². The largest absolute Gasteiger partial charge is 0.492 e. The van der Waals surface area contributed by atoms with Gasteiger partial charge in [-0.15, -0.1) is 0 Å². The minimum Gasteiger partial charge on any atom is -0.492 e. The number of amides is 1. The zero-order valence-corrected chi connectivity index (χ0v) is 12.2. The molecule has 1 heterocycles. The Morgan fingerprint density at radius 1 is 1.38 bits per heavy atom. The third-order valence-electron chi connectivity index (χ3n) is 2.75. The summed E-state index contributed by atoms with van der Waals surface area (Å²) in [5.41, 5.74) is 0.682. The van der Waals surface area contributed by atoms with Crippen molar-refractivity contribution in [3.8, 4) is 5.75 Å². The summed E-state index contributed by atoms with van der Waals surface area (Å²) in [6.07, 6.45) is 0.326. The summed E-state index contributed by atoms with van der Waals surface area (Å²) in [6, 6.07) is 9.15. The van der Waals surface area contributed by atoms with Gasteiger partial charge in [-0.1, -0.05) is 17.3 Å². The minimum absolute atomic E-state index is 0.0881. The van der Waals surface area contributed by atoms with Gasteiger partial charge in [0.05, 0.1) is 12.3 Å². The number of nitrogens with one attached hydrogen (secondary N) is 2. The van der Waals surface area contributed by atoms with Crippen molar-refractivity contribution >= 4 is 17.4 Å². The van der Waals surface area contributed by atoms with Crippen LogP contribution >= 0.6 is 0 Å². The molecule has 112 valence electrons. The fourth-order valence-corrected chi connectivity index (χ4v) is 1.82. The van der Waals surface area contributed by atoms with Crippen LogP contribution < -0.4 is 15.4 Å². The smallest absolute Gasteiger partial charge is 0.226 e. The fraction of sp³-hybridized carbons (Fsp3) is 0.333. The lowest BCUT2D eigenvalue weighted by Gasteiger charge is -2.11. The highest BCUT2D eigenvalue weighted by molar-refractivity contribution is 5.92. The van der Waals surface area contributed by atoms with Gasteiger partial charge in [0.25, 0.3) is 0 Å². The Balaban J connectivity index is 1.81. The van der Waals surface area contributed by atoms with Crippen LogP contribution in [0.2, 0.25) is 0 Å². The minimum atomic E-state index is -0.0881. The lowest BCUT2D eigenvalue weighted by atomic mass is 10.2. The van der Waals surface area contributed by atoms with Crippen molar-refractivity contribution in [3.05, 3.63) is 36.1 Å². The summed E-state index contributed by atoms with van der Waals surface area (Å²) in [6.45, 7) is 4.76. The topological polar surface area (TPSA) is 76.4 Å². The first-order valence-corrected chi connectivity index (χ1v) is 6.88. The molecule has 2 N–H and O–H groups in total. The number of hydrogen-bond donors (Lipinski definition) is 2. The van der Waals surface area contributed by atoms with Gasteiger partial charge in [-0.3, -0.25) is 4.79 Å². The molecule has 2 rings (SSSR count). The van der Waals surface area contributed by atoms with Crippen LogP contribution in [0, 0.1) is 6.92 Å². The SMILES string of the molecule is CCOc1ccccc1NC(=O)CCNc1cc(C)on1. The molecule has 0 unspecified atom stereocenters. The van der Waals surface area contributed by atoms with Crippen molar-refractivity contribution in [2.75, 3.05) is 23.8 Å². The van der Waals surface area contributed by atoms with Crippen LogP contribution in [0.3, 0.4) is 0 Å². The molecule has 0 saturated heterocycles. The van der Waals surface area contributed by atoms with Crippen LogP contribution in [0.25, 0.3) is 0 Å². The molecule has 6 nitrogen and oxygen atoms in total. The average molecular weight is 289 g/mol. The Hall–Kier alpha value is -2.50. The van der Waals surface area contributed by atoms with E-state index in [4.69, 9.17) is 9.26 Å². The van der Waals surface area contributed by atoms with Gasteiger partial charge in [0.2, 0.25) is 5.91 Å². The zero-order valence-electron chi connectivity index (χ0n) is 12.2. The molecule has 0 aliphatic heterocycles. The molecule has 1 amide bonds. The molecule has 0 atom stereocenters. The summed E-state index contributed by atoms with van der Waals surface area (Å²) < 4.78 is 10.4. The van der Waals surface area contributed by atoms with Crippen LogP contribution in [0.15, 0.2) is 34.9 Å². The van der Waals surface area contributed by atoms with Crippen LogP contribution in [-0.4, -0.2) is 24.2 Å². The number of ether oxygens (including phenoxy) is 1. The van der Waals surface area contributed by atoms with Crippen molar-refractivity contribution in [2.45, 2.75) is 20.3 Å². The normalized spacial score (nSPS) is 10.2. The molecule has 0 fully saturated rings. The molecule has 0 spiro atoms. The van der Waals surface area contributed by atoms with Gasteiger partial charge < -0.3 is 19.9 Å². The van der Waals surface area contributed by atoms with E-state index in [0.717, 1.165) is 5.76 Å². The number of benzene rings is 1. The Morgan fingerprint density at radius 3 is 2.90 bits per heavy atom. The number of aromatic nitrogens is 1. The maximum atomic E-state index is 11.9. The number of nitrogens with zero attached hydrogens (tertiary/aromatic N) is 1. The molecule has 0 bridgehead atoms. The molecule has 21 heavy (non-hydrogen) atoms. The molecule has 1 aromatic heterocycles. The molecular weight excluding hydrogens is 270 g/mol. The van der Waals surface area contributed by atoms with Gasteiger partial charge in [0.1, 0.15) is 11.5 Å². The second kappa shape index (κ2) is 7.33. The predicted octanol–water partition coefficient (Wildman–Crippen LogP) is 2.82. The maximum Gasteiger partial charge on any atom is 0.226 e. The van der Waals surface area contributed by atoms with Crippen molar-refractivity contribution in [3.63, 3.8) is 0 Å². The van der Waals surface area contributed by atoms with Crippen molar-refractivity contribution < 1.29 is 14.1 Å². The number of hydrogen-bond acceptors (Lipinski definition) is 5. The van der Waals surface area contributed by atoms with Crippen LogP contribution in [0.5, 0.6) is 5.75 Å². The summed E-state index contributed by atoms with van der Waals surface area (Å²) in [5.74, 6) is 1.95. The first-order valence-electron chi connectivity index (χ1n) is 6.88. The first kappa shape index (κ1) is 14.9. The number of carbonyl (C=O) groups is 1. The Labute approximate surface area is 123 Å². The van der Waals surface area contributed by atoms with Crippen LogP contribution in [-0.2, 0) is 4.79 Å². The van der Waals surface area contributed by atoms with Gasteiger partial charge in [-0.05, 0) is 26.0 Å². The molecule has 0 saturated carbocycles. The van der Waals surface area contributed by atoms with E-state index in [1.54, 1.807) is 6.07 Å². The predicted molar refractivity (Wildman–Crippen MR) is 80.6 cm³/mol. The molecule has 0 radical (unpaired) electrons. The highest BCUT2D eigenvalue weighted by atomic mass is 16.5. The van der Waals surface area contributed by atoms with E-state index in [0.29, 0.717) is 36.8 Å². The standard InChI is InChI=1S/C15H19N3O3/c1-3-20-13-7-5-4-6-12(13)17-15(19)8-9-16-14-10-11(2)21-18-14/h4-7,10H,3,8-9H2,1-2H3,(H,16,18)(H,17,19). The van der Waals surface area contributed by atoms with E-state index in [9.17, 15) is 4.79 Å². The molecule has 6 heteroatoms. The van der Waals surface area contributed by atoms with Crippen LogP contribution in [0.1, 0.15) is 19.1 Å². The molecule has 0 aliphatic rings. The van der Waals surface area contributed by atoms with Gasteiger partial charge >= 0.3 is 0 Å². The molecular formula is C15H19N3O3. The van der Waals surface area contributed by atoms with E-state index in [2.05, 4.69) is 15.8 Å². The third kappa shape index (κ3) is 4.52. The number of aryl methyl sites for hydroxylation is 1. The average Bonchev–Trinajstić information content (AvgIpc) is 2.87. The van der Waals surface area contributed by atoms with E-state index in [1.807, 2.05) is 38.1 Å². The molecule has 1 aromatic carbocycles. The summed E-state index contributed by atoms with van der Waals surface area (Å²) in [5, 5.41) is 9.66. The third-order valence-corrected chi connectivity index (χ3v) is 2.75. The summed E-state index contributed by atoms with van der Waals surface area (Å²) >= 11 is 0. The second-order valence-corrected chi connectivity index (χ2v) is 4.48. The van der Waals surface area contributed by atoms with Crippen molar-refractivity contribution in [1.82, 2.24) is 5.16 Å². The second-order valence-electron chi connectivity index (χ2n) is 4.48.